The Morgan fingerprint density at radius 2 is 2.00 bits per heavy atom. The zero-order valence-corrected chi connectivity index (χ0v) is 14.2. The molecule has 2 aliphatic carbocycles. The van der Waals surface area contributed by atoms with E-state index in [0.29, 0.717) is 5.92 Å². The molecule has 1 N–H and O–H groups in total. The molecule has 0 spiro atoms. The molecule has 4 rings (SSSR count). The van der Waals surface area contributed by atoms with E-state index in [-0.39, 0.29) is 24.1 Å². The minimum Gasteiger partial charge on any atom is -0.350 e. The van der Waals surface area contributed by atoms with Crippen molar-refractivity contribution in [3.8, 4) is 0 Å². The quantitative estimate of drug-likeness (QED) is 0.860. The third-order valence-corrected chi connectivity index (χ3v) is 5.97. The fourth-order valence-corrected chi connectivity index (χ4v) is 4.26. The molecule has 5 heteroatoms. The predicted octanol–water partition coefficient (Wildman–Crippen LogP) is 1.47. The van der Waals surface area contributed by atoms with Crippen LogP contribution in [0.2, 0.25) is 0 Å². The van der Waals surface area contributed by atoms with Crippen LogP contribution in [0.3, 0.4) is 0 Å². The summed E-state index contributed by atoms with van der Waals surface area (Å²) in [7, 11) is 0. The molecule has 130 valence electrons. The van der Waals surface area contributed by atoms with E-state index in [4.69, 9.17) is 0 Å². The molecule has 0 unspecified atom stereocenters. The number of nitrogens with zero attached hydrogens (tertiary/aromatic N) is 2. The molecular weight excluding hydrogens is 302 g/mol. The van der Waals surface area contributed by atoms with E-state index in [1.54, 1.807) is 18.3 Å². The largest absolute Gasteiger partial charge is 0.350 e. The van der Waals surface area contributed by atoms with Gasteiger partial charge in [0.25, 0.3) is 5.56 Å². The first-order valence-corrected chi connectivity index (χ1v) is 9.36. The Kier molecular flexibility index (Phi) is 4.44. The Morgan fingerprint density at radius 3 is 2.67 bits per heavy atom. The number of hydrogen-bond acceptors (Lipinski definition) is 3. The highest BCUT2D eigenvalue weighted by Crippen LogP contribution is 2.42. The van der Waals surface area contributed by atoms with Crippen LogP contribution in [0.5, 0.6) is 0 Å². The summed E-state index contributed by atoms with van der Waals surface area (Å²) < 4.78 is 1.47. The molecular formula is C19H27N3O2. The van der Waals surface area contributed by atoms with Gasteiger partial charge in [0.2, 0.25) is 5.91 Å². The maximum Gasteiger partial charge on any atom is 0.250 e. The molecule has 3 aliphatic rings. The van der Waals surface area contributed by atoms with Gasteiger partial charge in [0.1, 0.15) is 6.54 Å². The van der Waals surface area contributed by atoms with E-state index in [0.717, 1.165) is 24.9 Å². The van der Waals surface area contributed by atoms with Crippen molar-refractivity contribution in [2.24, 2.45) is 17.8 Å². The molecule has 24 heavy (non-hydrogen) atoms. The summed E-state index contributed by atoms with van der Waals surface area (Å²) in [5.74, 6) is 2.23. The van der Waals surface area contributed by atoms with Crippen LogP contribution in [0.4, 0.5) is 0 Å². The summed E-state index contributed by atoms with van der Waals surface area (Å²) in [5.41, 5.74) is -0.121. The summed E-state index contributed by atoms with van der Waals surface area (Å²) in [6, 6.07) is 5.24. The molecule has 3 fully saturated rings. The number of aromatic nitrogens is 1. The van der Waals surface area contributed by atoms with Gasteiger partial charge < -0.3 is 14.8 Å². The third kappa shape index (κ3) is 3.56. The molecule has 1 aliphatic heterocycles. The number of amides is 1. The number of carbonyl (C=O) groups is 1. The molecule has 1 aromatic rings. The summed E-state index contributed by atoms with van der Waals surface area (Å²) in [5, 5.41) is 3.22. The number of nitrogens with one attached hydrogen (secondary N) is 1. The van der Waals surface area contributed by atoms with Gasteiger partial charge in [-0.1, -0.05) is 12.5 Å². The molecule has 2 atom stereocenters. The van der Waals surface area contributed by atoms with Crippen molar-refractivity contribution in [2.45, 2.75) is 44.7 Å². The molecule has 2 saturated carbocycles. The summed E-state index contributed by atoms with van der Waals surface area (Å²) in [6.45, 7) is 3.44. The third-order valence-electron chi connectivity index (χ3n) is 5.97. The van der Waals surface area contributed by atoms with Crippen LogP contribution in [0, 0.1) is 17.8 Å². The van der Waals surface area contributed by atoms with Gasteiger partial charge in [0, 0.05) is 37.9 Å². The Hall–Kier alpha value is -1.62. The van der Waals surface area contributed by atoms with Gasteiger partial charge in [-0.05, 0) is 49.5 Å². The lowest BCUT2D eigenvalue weighted by Gasteiger charge is -2.30. The normalized spacial score (nSPS) is 27.8. The lowest BCUT2D eigenvalue weighted by molar-refractivity contribution is -0.122. The average Bonchev–Trinajstić information content (AvgIpc) is 3.28. The summed E-state index contributed by atoms with van der Waals surface area (Å²) in [4.78, 5) is 26.7. The van der Waals surface area contributed by atoms with Crippen molar-refractivity contribution in [2.75, 3.05) is 19.6 Å². The van der Waals surface area contributed by atoms with Crippen molar-refractivity contribution in [3.05, 3.63) is 34.7 Å². The lowest BCUT2D eigenvalue weighted by atomic mass is 9.85. The van der Waals surface area contributed by atoms with E-state index < -0.39 is 0 Å². The smallest absolute Gasteiger partial charge is 0.250 e. The molecule has 2 heterocycles. The fraction of sp³-hybridized carbons (Fsp3) is 0.684. The van der Waals surface area contributed by atoms with E-state index in [1.165, 1.54) is 49.3 Å². The zero-order chi connectivity index (χ0) is 16.5. The Balaban J connectivity index is 1.35. The van der Waals surface area contributed by atoms with Crippen LogP contribution >= 0.6 is 0 Å². The summed E-state index contributed by atoms with van der Waals surface area (Å²) >= 11 is 0. The molecule has 1 aromatic heterocycles. The maximum absolute atomic E-state index is 12.4. The average molecular weight is 329 g/mol. The number of hydrogen-bond donors (Lipinski definition) is 1. The van der Waals surface area contributed by atoms with Crippen LogP contribution in [-0.2, 0) is 11.3 Å². The molecule has 0 bridgehead atoms. The highest BCUT2D eigenvalue weighted by molar-refractivity contribution is 5.76. The standard InChI is InChI=1S/C19H27N3O2/c23-18(13-22-9-2-1-6-19(22)24)20-17-12-21(10-14-4-3-5-14)11-16(17)15-7-8-15/h1-2,6,9,14-17H,3-5,7-8,10-13H2,(H,20,23)/t16-,17+/m1/s1. The lowest BCUT2D eigenvalue weighted by Crippen LogP contribution is -2.43. The van der Waals surface area contributed by atoms with Gasteiger partial charge >= 0.3 is 0 Å². The number of carbonyl (C=O) groups excluding carboxylic acids is 1. The number of pyridine rings is 1. The highest BCUT2D eigenvalue weighted by atomic mass is 16.2. The van der Waals surface area contributed by atoms with Crippen LogP contribution < -0.4 is 10.9 Å². The minimum absolute atomic E-state index is 0.0376. The fourth-order valence-electron chi connectivity index (χ4n) is 4.26. The van der Waals surface area contributed by atoms with Gasteiger partial charge in [-0.3, -0.25) is 9.59 Å². The monoisotopic (exact) mass is 329 g/mol. The molecule has 0 radical (unpaired) electrons. The van der Waals surface area contributed by atoms with Crippen molar-refractivity contribution >= 4 is 5.91 Å². The molecule has 5 nitrogen and oxygen atoms in total. The second-order valence-corrected chi connectivity index (χ2v) is 7.86. The number of rotatable bonds is 6. The first kappa shape index (κ1) is 15.9. The topological polar surface area (TPSA) is 54.3 Å². The van der Waals surface area contributed by atoms with Crippen molar-refractivity contribution in [3.63, 3.8) is 0 Å². The van der Waals surface area contributed by atoms with Gasteiger partial charge in [0.05, 0.1) is 0 Å². The van der Waals surface area contributed by atoms with E-state index in [9.17, 15) is 9.59 Å². The summed E-state index contributed by atoms with van der Waals surface area (Å²) in [6.07, 6.45) is 8.43. The van der Waals surface area contributed by atoms with Crippen LogP contribution in [0.25, 0.3) is 0 Å². The minimum atomic E-state index is -0.121. The van der Waals surface area contributed by atoms with E-state index in [2.05, 4.69) is 10.2 Å². The maximum atomic E-state index is 12.4. The van der Waals surface area contributed by atoms with Gasteiger partial charge in [-0.25, -0.2) is 0 Å². The molecule has 1 saturated heterocycles. The van der Waals surface area contributed by atoms with Gasteiger partial charge in [-0.15, -0.1) is 0 Å². The van der Waals surface area contributed by atoms with Gasteiger partial charge in [-0.2, -0.15) is 0 Å². The van der Waals surface area contributed by atoms with Crippen molar-refractivity contribution in [1.29, 1.82) is 0 Å². The second-order valence-electron chi connectivity index (χ2n) is 7.86. The molecule has 1 amide bonds. The van der Waals surface area contributed by atoms with Crippen molar-refractivity contribution < 1.29 is 4.79 Å². The van der Waals surface area contributed by atoms with E-state index in [1.807, 2.05) is 0 Å². The Morgan fingerprint density at radius 1 is 1.17 bits per heavy atom. The SMILES string of the molecule is O=C(Cn1ccccc1=O)N[C@H]1CN(CC2CCC2)C[C@@H]1C1CC1. The zero-order valence-electron chi connectivity index (χ0n) is 14.2. The van der Waals surface area contributed by atoms with Crippen LogP contribution in [0.15, 0.2) is 29.2 Å². The highest BCUT2D eigenvalue weighted by Gasteiger charge is 2.43. The van der Waals surface area contributed by atoms with E-state index >= 15 is 0 Å². The van der Waals surface area contributed by atoms with Gasteiger partial charge in [0.15, 0.2) is 0 Å². The van der Waals surface area contributed by atoms with Crippen LogP contribution in [0.1, 0.15) is 32.1 Å². The Bertz CT molecular complexity index is 648. The predicted molar refractivity (Wildman–Crippen MR) is 92.6 cm³/mol. The Labute approximate surface area is 143 Å². The first-order valence-electron chi connectivity index (χ1n) is 9.36. The number of likely N-dealkylation sites (tertiary alicyclic amines) is 1. The molecule has 0 aromatic carbocycles. The first-order chi connectivity index (χ1) is 11.7. The second kappa shape index (κ2) is 6.71. The van der Waals surface area contributed by atoms with Crippen LogP contribution in [-0.4, -0.2) is 41.1 Å². The van der Waals surface area contributed by atoms with Crippen molar-refractivity contribution in [1.82, 2.24) is 14.8 Å².